The predicted octanol–water partition coefficient (Wildman–Crippen LogP) is 4.46. The summed E-state index contributed by atoms with van der Waals surface area (Å²) in [5.41, 5.74) is 6.38. The lowest BCUT2D eigenvalue weighted by Gasteiger charge is -2.51. The number of para-hydroxylation sites is 1. The molecular weight excluding hydrogens is 386 g/mol. The lowest BCUT2D eigenvalue weighted by Crippen LogP contribution is -2.63. The topological polar surface area (TPSA) is 37.0 Å². The molecule has 2 aromatic rings. The molecular formula is C23H26ClN3O2. The number of piperidine rings is 1. The number of benzene rings is 2. The van der Waals surface area contributed by atoms with Crippen LogP contribution < -0.4 is 14.9 Å². The molecule has 1 N–H and O–H groups in total. The van der Waals surface area contributed by atoms with Crippen LogP contribution in [0, 0.1) is 0 Å². The molecule has 1 fully saturated rings. The fourth-order valence-electron chi connectivity index (χ4n) is 4.72. The Labute approximate surface area is 176 Å². The average Bonchev–Trinajstić information content (AvgIpc) is 3.21. The zero-order valence-corrected chi connectivity index (χ0v) is 17.6. The van der Waals surface area contributed by atoms with Gasteiger partial charge in [-0.15, -0.1) is 0 Å². The van der Waals surface area contributed by atoms with Crippen LogP contribution in [0.3, 0.4) is 0 Å². The van der Waals surface area contributed by atoms with Crippen LogP contribution in [0.1, 0.15) is 36.9 Å². The highest BCUT2D eigenvalue weighted by Crippen LogP contribution is 2.51. The second kappa shape index (κ2) is 7.24. The van der Waals surface area contributed by atoms with Crippen molar-refractivity contribution in [2.75, 3.05) is 26.7 Å². The number of likely N-dealkylation sites (tertiary alicyclic amines) is 1. The smallest absolute Gasteiger partial charge is 0.183 e. The van der Waals surface area contributed by atoms with Gasteiger partial charge in [-0.25, -0.2) is 0 Å². The Hall–Kier alpha value is -2.21. The molecule has 0 bridgehead atoms. The van der Waals surface area contributed by atoms with Crippen LogP contribution in [0.15, 0.2) is 48.5 Å². The Balaban J connectivity index is 1.60. The third kappa shape index (κ3) is 3.00. The molecule has 6 heteroatoms. The molecule has 152 valence electrons. The number of methoxy groups -OCH3 is 1. The summed E-state index contributed by atoms with van der Waals surface area (Å²) < 4.78 is 12.4. The van der Waals surface area contributed by atoms with Gasteiger partial charge in [0, 0.05) is 42.1 Å². The molecule has 3 aliphatic rings. The van der Waals surface area contributed by atoms with Gasteiger partial charge >= 0.3 is 0 Å². The van der Waals surface area contributed by atoms with Gasteiger partial charge in [0.15, 0.2) is 17.2 Å². The summed E-state index contributed by atoms with van der Waals surface area (Å²) in [5, 5.41) is 3.04. The van der Waals surface area contributed by atoms with E-state index in [-0.39, 0.29) is 6.04 Å². The van der Waals surface area contributed by atoms with Crippen LogP contribution in [-0.2, 0) is 0 Å². The number of halogens is 1. The molecule has 0 aliphatic carbocycles. The molecule has 2 aromatic carbocycles. The van der Waals surface area contributed by atoms with E-state index in [9.17, 15) is 0 Å². The highest BCUT2D eigenvalue weighted by atomic mass is 35.5. The molecule has 0 aromatic heterocycles. The number of nitrogens with zero attached hydrogens (tertiary/aromatic N) is 2. The Morgan fingerprint density at radius 1 is 1.17 bits per heavy atom. The van der Waals surface area contributed by atoms with E-state index in [1.165, 1.54) is 0 Å². The van der Waals surface area contributed by atoms with Gasteiger partial charge in [-0.1, -0.05) is 48.9 Å². The zero-order chi connectivity index (χ0) is 20.0. The van der Waals surface area contributed by atoms with Crippen LogP contribution in [0.5, 0.6) is 11.5 Å². The molecule has 0 unspecified atom stereocenters. The van der Waals surface area contributed by atoms with Crippen LogP contribution in [0.4, 0.5) is 0 Å². The summed E-state index contributed by atoms with van der Waals surface area (Å²) in [6.07, 6.45) is 4.10. The summed E-state index contributed by atoms with van der Waals surface area (Å²) in [7, 11) is 1.70. The predicted molar refractivity (Wildman–Crippen MR) is 115 cm³/mol. The first-order chi connectivity index (χ1) is 14.1. The van der Waals surface area contributed by atoms with Crippen molar-refractivity contribution >= 4 is 17.3 Å². The van der Waals surface area contributed by atoms with Crippen LogP contribution in [0.25, 0.3) is 5.70 Å². The van der Waals surface area contributed by atoms with E-state index in [0.717, 1.165) is 65.8 Å². The number of hydrogen-bond acceptors (Lipinski definition) is 5. The summed E-state index contributed by atoms with van der Waals surface area (Å²) in [6, 6.07) is 14.1. The van der Waals surface area contributed by atoms with Gasteiger partial charge in [-0.05, 0) is 24.8 Å². The van der Waals surface area contributed by atoms with Gasteiger partial charge < -0.3 is 19.8 Å². The maximum absolute atomic E-state index is 6.75. The monoisotopic (exact) mass is 411 g/mol. The minimum absolute atomic E-state index is 0.0632. The Morgan fingerprint density at radius 3 is 2.69 bits per heavy atom. The fourth-order valence-corrected chi connectivity index (χ4v) is 4.96. The van der Waals surface area contributed by atoms with E-state index < -0.39 is 5.72 Å². The van der Waals surface area contributed by atoms with Crippen molar-refractivity contribution < 1.29 is 9.47 Å². The minimum Gasteiger partial charge on any atom is -0.493 e. The van der Waals surface area contributed by atoms with Crippen molar-refractivity contribution in [2.24, 2.45) is 0 Å². The van der Waals surface area contributed by atoms with Crippen molar-refractivity contribution in [1.82, 2.24) is 15.3 Å². The van der Waals surface area contributed by atoms with E-state index in [0.29, 0.717) is 0 Å². The Bertz CT molecular complexity index is 953. The summed E-state index contributed by atoms with van der Waals surface area (Å²) in [4.78, 5) is 2.47. The van der Waals surface area contributed by atoms with Crippen molar-refractivity contribution in [3.05, 3.63) is 64.7 Å². The molecule has 5 rings (SSSR count). The van der Waals surface area contributed by atoms with Crippen molar-refractivity contribution in [1.29, 1.82) is 0 Å². The van der Waals surface area contributed by atoms with Crippen molar-refractivity contribution in [3.8, 4) is 11.5 Å². The number of fused-ring (bicyclic) bond motifs is 4. The molecule has 5 nitrogen and oxygen atoms in total. The fraction of sp³-hybridized carbons (Fsp3) is 0.391. The molecule has 0 radical (unpaired) electrons. The summed E-state index contributed by atoms with van der Waals surface area (Å²) in [6.45, 7) is 5.29. The third-order valence-electron chi connectivity index (χ3n) is 6.37. The second-order valence-electron chi connectivity index (χ2n) is 7.85. The number of rotatable bonds is 3. The zero-order valence-electron chi connectivity index (χ0n) is 16.8. The minimum atomic E-state index is -0.419. The number of ether oxygens (including phenoxy) is 2. The van der Waals surface area contributed by atoms with E-state index in [1.54, 1.807) is 7.11 Å². The number of hydrazine groups is 1. The van der Waals surface area contributed by atoms with Gasteiger partial charge in [0.05, 0.1) is 18.8 Å². The summed E-state index contributed by atoms with van der Waals surface area (Å²) >= 11 is 6.51. The van der Waals surface area contributed by atoms with Crippen LogP contribution in [-0.4, -0.2) is 42.4 Å². The maximum Gasteiger partial charge on any atom is 0.183 e. The first kappa shape index (κ1) is 18.8. The van der Waals surface area contributed by atoms with E-state index >= 15 is 0 Å². The lowest BCUT2D eigenvalue weighted by atomic mass is 9.92. The van der Waals surface area contributed by atoms with Gasteiger partial charge in [-0.3, -0.25) is 0 Å². The molecule has 1 saturated heterocycles. The first-order valence-electron chi connectivity index (χ1n) is 10.3. The molecule has 1 atom stereocenters. The van der Waals surface area contributed by atoms with Gasteiger partial charge in [0.25, 0.3) is 0 Å². The van der Waals surface area contributed by atoms with Gasteiger partial charge in [-0.2, -0.15) is 5.01 Å². The first-order valence-corrected chi connectivity index (χ1v) is 10.6. The average molecular weight is 412 g/mol. The quantitative estimate of drug-likeness (QED) is 0.807. The normalized spacial score (nSPS) is 23.0. The third-order valence-corrected chi connectivity index (χ3v) is 6.70. The Kier molecular flexibility index (Phi) is 4.69. The molecule has 0 amide bonds. The van der Waals surface area contributed by atoms with Gasteiger partial charge in [0.2, 0.25) is 0 Å². The van der Waals surface area contributed by atoms with E-state index in [1.807, 2.05) is 30.3 Å². The molecule has 0 saturated carbocycles. The summed E-state index contributed by atoms with van der Waals surface area (Å²) in [5.74, 6) is 1.65. The molecule has 3 heterocycles. The maximum atomic E-state index is 6.75. The number of nitrogens with one attached hydrogen (secondary N) is 1. The van der Waals surface area contributed by atoms with E-state index in [2.05, 4.69) is 40.5 Å². The lowest BCUT2D eigenvalue weighted by molar-refractivity contribution is -0.160. The highest BCUT2D eigenvalue weighted by Gasteiger charge is 2.52. The Morgan fingerprint density at radius 2 is 1.97 bits per heavy atom. The molecule has 3 aliphatic heterocycles. The largest absolute Gasteiger partial charge is 0.493 e. The molecule has 29 heavy (non-hydrogen) atoms. The van der Waals surface area contributed by atoms with E-state index in [4.69, 9.17) is 21.1 Å². The SMILES string of the molecule is CCN1CCC2(CC1)Oc1c(OC)cccc1[C@@H]1C=C(c3ccccc3Cl)NN12. The second-order valence-corrected chi connectivity index (χ2v) is 8.26. The number of hydrogen-bond donors (Lipinski definition) is 1. The molecule has 1 spiro atoms. The van der Waals surface area contributed by atoms with Crippen LogP contribution >= 0.6 is 11.6 Å². The highest BCUT2D eigenvalue weighted by molar-refractivity contribution is 6.32. The van der Waals surface area contributed by atoms with Gasteiger partial charge in [0.1, 0.15) is 0 Å². The van der Waals surface area contributed by atoms with Crippen LogP contribution in [0.2, 0.25) is 5.02 Å². The van der Waals surface area contributed by atoms with Crippen molar-refractivity contribution in [3.63, 3.8) is 0 Å². The standard InChI is InChI=1S/C23H26ClN3O2/c1-3-26-13-11-23(12-14-26)27-20(17-8-6-10-21(28-2)22(17)29-23)15-19(25-27)16-7-4-5-9-18(16)24/h4-10,15,20,25H,3,11-14H2,1-2H3/t20-/m0/s1. The van der Waals surface area contributed by atoms with Crippen molar-refractivity contribution in [2.45, 2.75) is 31.5 Å².